The van der Waals surface area contributed by atoms with Gasteiger partial charge in [-0.25, -0.2) is 0 Å². The lowest BCUT2D eigenvalue weighted by Crippen LogP contribution is -2.41. The van der Waals surface area contributed by atoms with Gasteiger partial charge in [0.2, 0.25) is 11.8 Å². The Morgan fingerprint density at radius 2 is 2.28 bits per heavy atom. The summed E-state index contributed by atoms with van der Waals surface area (Å²) < 4.78 is 5.13. The van der Waals surface area contributed by atoms with E-state index in [0.29, 0.717) is 18.9 Å². The molecular weight excluding hydrogens is 232 g/mol. The molecule has 5 heteroatoms. The lowest BCUT2D eigenvalue weighted by Gasteiger charge is -2.32. The first kappa shape index (κ1) is 15.0. The second-order valence-electron chi connectivity index (χ2n) is 4.99. The first-order valence-corrected chi connectivity index (χ1v) is 6.45. The minimum absolute atomic E-state index is 0.00361. The molecule has 0 aromatic carbocycles. The van der Waals surface area contributed by atoms with Crippen molar-refractivity contribution in [2.45, 2.75) is 26.2 Å². The molecule has 103 valence electrons. The first-order chi connectivity index (χ1) is 8.54. The molecule has 0 saturated carbocycles. The van der Waals surface area contributed by atoms with E-state index in [1.54, 1.807) is 20.5 Å². The van der Waals surface area contributed by atoms with Crippen LogP contribution in [0.1, 0.15) is 26.2 Å². The van der Waals surface area contributed by atoms with Gasteiger partial charge in [-0.15, -0.1) is 0 Å². The van der Waals surface area contributed by atoms with Crippen molar-refractivity contribution in [3.8, 4) is 0 Å². The fourth-order valence-electron chi connectivity index (χ4n) is 2.16. The number of rotatable bonds is 6. The highest BCUT2D eigenvalue weighted by Crippen LogP contribution is 2.18. The van der Waals surface area contributed by atoms with Crippen LogP contribution in [0.5, 0.6) is 0 Å². The highest BCUT2D eigenvalue weighted by molar-refractivity contribution is 5.86. The smallest absolute Gasteiger partial charge is 0.226 e. The maximum Gasteiger partial charge on any atom is 0.226 e. The van der Waals surface area contributed by atoms with Crippen molar-refractivity contribution in [1.82, 2.24) is 4.90 Å². The highest BCUT2D eigenvalue weighted by Gasteiger charge is 2.24. The Kier molecular flexibility index (Phi) is 6.12. The highest BCUT2D eigenvalue weighted by atomic mass is 16.5. The molecule has 2 amide bonds. The Bertz CT molecular complexity index is 292. The molecule has 1 aliphatic rings. The van der Waals surface area contributed by atoms with E-state index in [1.165, 1.54) is 0 Å². The van der Waals surface area contributed by atoms with Crippen molar-refractivity contribution in [3.63, 3.8) is 0 Å². The molecule has 1 heterocycles. The summed E-state index contributed by atoms with van der Waals surface area (Å²) in [5.41, 5.74) is 5.16. The number of amides is 2. The summed E-state index contributed by atoms with van der Waals surface area (Å²) in [5.74, 6) is -0.220. The lowest BCUT2D eigenvalue weighted by molar-refractivity contribution is -0.130. The maximum absolute atomic E-state index is 12.0. The van der Waals surface area contributed by atoms with Gasteiger partial charge >= 0.3 is 0 Å². The Hall–Kier alpha value is -1.10. The van der Waals surface area contributed by atoms with Gasteiger partial charge < -0.3 is 15.4 Å². The Morgan fingerprint density at radius 3 is 2.89 bits per heavy atom. The van der Waals surface area contributed by atoms with Crippen LogP contribution in [0.3, 0.4) is 0 Å². The molecule has 1 unspecified atom stereocenters. The van der Waals surface area contributed by atoms with Crippen LogP contribution in [0.4, 0.5) is 0 Å². The molecular formula is C13H23N2O3. The number of primary amides is 1. The molecule has 1 saturated heterocycles. The van der Waals surface area contributed by atoms with Gasteiger partial charge in [-0.05, 0) is 25.2 Å². The Balaban J connectivity index is 2.34. The molecule has 0 aliphatic carbocycles. The van der Waals surface area contributed by atoms with Crippen molar-refractivity contribution in [2.24, 2.45) is 17.6 Å². The number of piperidine rings is 1. The van der Waals surface area contributed by atoms with Crippen LogP contribution in [-0.4, -0.2) is 43.5 Å². The molecule has 0 spiro atoms. The van der Waals surface area contributed by atoms with E-state index in [2.05, 4.69) is 0 Å². The molecule has 2 N–H and O–H groups in total. The van der Waals surface area contributed by atoms with Gasteiger partial charge in [-0.3, -0.25) is 9.59 Å². The third-order valence-electron chi connectivity index (χ3n) is 3.36. The predicted octanol–water partition coefficient (Wildman–Crippen LogP) is 0.587. The Labute approximate surface area is 109 Å². The number of methoxy groups -OCH3 is 1. The number of nitrogens with zero attached hydrogens (tertiary/aromatic N) is 1. The number of carbonyl (C=O) groups is 2. The fraction of sp³-hybridized carbons (Fsp3) is 0.769. The maximum atomic E-state index is 12.0. The molecule has 2 atom stereocenters. The van der Waals surface area contributed by atoms with Gasteiger partial charge in [-0.2, -0.15) is 0 Å². The SMILES string of the molecule is COC[C@H]1CCCN(C(=O)[CH]CC(C)C(N)=O)C1. The number of nitrogens with two attached hydrogens (primary N) is 1. The van der Waals surface area contributed by atoms with Crippen LogP contribution < -0.4 is 5.73 Å². The summed E-state index contributed by atoms with van der Waals surface area (Å²) in [6.07, 6.45) is 4.11. The fourth-order valence-corrected chi connectivity index (χ4v) is 2.16. The van der Waals surface area contributed by atoms with Gasteiger partial charge in [-0.1, -0.05) is 6.92 Å². The zero-order valence-corrected chi connectivity index (χ0v) is 11.2. The molecule has 1 aliphatic heterocycles. The van der Waals surface area contributed by atoms with E-state index in [0.717, 1.165) is 25.9 Å². The average Bonchev–Trinajstić information content (AvgIpc) is 2.36. The summed E-state index contributed by atoms with van der Waals surface area (Å²) in [4.78, 5) is 24.7. The molecule has 1 rings (SSSR count). The number of hydrogen-bond donors (Lipinski definition) is 1. The van der Waals surface area contributed by atoms with Crippen LogP contribution in [0, 0.1) is 18.3 Å². The molecule has 0 bridgehead atoms. The number of hydrogen-bond acceptors (Lipinski definition) is 3. The average molecular weight is 255 g/mol. The third kappa shape index (κ3) is 4.64. The van der Waals surface area contributed by atoms with Gasteiger partial charge in [0, 0.05) is 26.1 Å². The zero-order valence-electron chi connectivity index (χ0n) is 11.2. The second-order valence-corrected chi connectivity index (χ2v) is 4.99. The van der Waals surface area contributed by atoms with Crippen LogP contribution in [-0.2, 0) is 14.3 Å². The van der Waals surface area contributed by atoms with E-state index in [9.17, 15) is 9.59 Å². The van der Waals surface area contributed by atoms with Crippen molar-refractivity contribution < 1.29 is 14.3 Å². The molecule has 1 fully saturated rings. The van der Waals surface area contributed by atoms with E-state index in [1.807, 2.05) is 4.90 Å². The summed E-state index contributed by atoms with van der Waals surface area (Å²) >= 11 is 0. The van der Waals surface area contributed by atoms with Crippen LogP contribution in [0.15, 0.2) is 0 Å². The quantitative estimate of drug-likeness (QED) is 0.755. The van der Waals surface area contributed by atoms with Gasteiger partial charge in [0.15, 0.2) is 0 Å². The van der Waals surface area contributed by atoms with Crippen LogP contribution in [0.2, 0.25) is 0 Å². The normalized spacial score (nSPS) is 21.7. The number of likely N-dealkylation sites (tertiary alicyclic amines) is 1. The minimum atomic E-state index is -0.366. The van der Waals surface area contributed by atoms with Gasteiger partial charge in [0.25, 0.3) is 0 Å². The summed E-state index contributed by atoms with van der Waals surface area (Å²) in [6, 6.07) is 0. The zero-order chi connectivity index (χ0) is 13.5. The monoisotopic (exact) mass is 255 g/mol. The molecule has 5 nitrogen and oxygen atoms in total. The number of carbonyl (C=O) groups excluding carboxylic acids is 2. The summed E-state index contributed by atoms with van der Waals surface area (Å²) in [6.45, 7) is 3.96. The van der Waals surface area contributed by atoms with Crippen LogP contribution in [0.25, 0.3) is 0 Å². The largest absolute Gasteiger partial charge is 0.384 e. The molecule has 0 aromatic rings. The van der Waals surface area contributed by atoms with E-state index < -0.39 is 0 Å². The first-order valence-electron chi connectivity index (χ1n) is 6.45. The Morgan fingerprint density at radius 1 is 1.56 bits per heavy atom. The summed E-state index contributed by atoms with van der Waals surface area (Å²) in [7, 11) is 1.68. The number of ether oxygens (including phenoxy) is 1. The van der Waals surface area contributed by atoms with E-state index in [4.69, 9.17) is 10.5 Å². The van der Waals surface area contributed by atoms with Crippen molar-refractivity contribution in [3.05, 3.63) is 6.42 Å². The van der Waals surface area contributed by atoms with Crippen molar-refractivity contribution in [2.75, 3.05) is 26.8 Å². The van der Waals surface area contributed by atoms with Crippen LogP contribution >= 0.6 is 0 Å². The molecule has 0 aromatic heterocycles. The van der Waals surface area contributed by atoms with Crippen molar-refractivity contribution in [1.29, 1.82) is 0 Å². The van der Waals surface area contributed by atoms with Gasteiger partial charge in [0.1, 0.15) is 0 Å². The molecule has 1 radical (unpaired) electrons. The second kappa shape index (κ2) is 7.36. The lowest BCUT2D eigenvalue weighted by atomic mass is 9.98. The minimum Gasteiger partial charge on any atom is -0.384 e. The van der Waals surface area contributed by atoms with E-state index >= 15 is 0 Å². The summed E-state index contributed by atoms with van der Waals surface area (Å²) in [5, 5.41) is 0. The molecule has 18 heavy (non-hydrogen) atoms. The standard InChI is InChI=1S/C13H23N2O3/c1-10(13(14)17)5-6-12(16)15-7-3-4-11(8-15)9-18-2/h6,10-11H,3-5,7-9H2,1-2H3,(H2,14,17)/t10?,11-/m0/s1. The topological polar surface area (TPSA) is 72.6 Å². The van der Waals surface area contributed by atoms with Gasteiger partial charge in [0.05, 0.1) is 13.0 Å². The predicted molar refractivity (Wildman–Crippen MR) is 68.5 cm³/mol. The third-order valence-corrected chi connectivity index (χ3v) is 3.36. The van der Waals surface area contributed by atoms with Crippen molar-refractivity contribution >= 4 is 11.8 Å². The van der Waals surface area contributed by atoms with E-state index in [-0.39, 0.29) is 17.7 Å².